The molecule has 4 heterocycles. The predicted octanol–water partition coefficient (Wildman–Crippen LogP) is 2.93. The third-order valence-corrected chi connectivity index (χ3v) is 5.52. The quantitative estimate of drug-likeness (QED) is 0.380. The summed E-state index contributed by atoms with van der Waals surface area (Å²) in [6.07, 6.45) is 6.95. The maximum Gasteiger partial charge on any atom is 0.290 e. The third-order valence-electron chi connectivity index (χ3n) is 5.52. The summed E-state index contributed by atoms with van der Waals surface area (Å²) in [7, 11) is 1.70. The van der Waals surface area contributed by atoms with Crippen molar-refractivity contribution in [3.63, 3.8) is 0 Å². The zero-order valence-electron chi connectivity index (χ0n) is 20.3. The highest BCUT2D eigenvalue weighted by molar-refractivity contribution is 5.73. The van der Waals surface area contributed by atoms with Gasteiger partial charge in [0.05, 0.1) is 18.4 Å². The second kappa shape index (κ2) is 8.91. The summed E-state index contributed by atoms with van der Waals surface area (Å²) in [6, 6.07) is 7.30. The van der Waals surface area contributed by atoms with E-state index in [-0.39, 0.29) is 23.3 Å². The molecule has 5 rings (SSSR count). The summed E-state index contributed by atoms with van der Waals surface area (Å²) in [5.74, 6) is 1.14. The van der Waals surface area contributed by atoms with Gasteiger partial charge in [-0.05, 0) is 63.1 Å². The summed E-state index contributed by atoms with van der Waals surface area (Å²) in [4.78, 5) is 19.2. The summed E-state index contributed by atoms with van der Waals surface area (Å²) in [5.41, 5.74) is 3.94. The predicted molar refractivity (Wildman–Crippen MR) is 130 cm³/mol. The molecule has 35 heavy (non-hydrogen) atoms. The van der Waals surface area contributed by atoms with Crippen molar-refractivity contribution in [2.24, 2.45) is 7.05 Å². The average Bonchev–Trinajstić information content (AvgIpc) is 3.37. The molecule has 0 radical (unpaired) electrons. The van der Waals surface area contributed by atoms with Gasteiger partial charge in [-0.25, -0.2) is 9.97 Å². The standard InChI is InChI=1S/C23H26N8O.CH2O2/c1-22(2)11-15(12-23(3,4)28-22)17-8-9-31-13-18(25-21(31)24-17)16-7-6-14(10-19(16)32)20-26-29-30(5)27-20;2-1-3/h6-11,13,28,32H,12H2,1-5H3;1H,(H,2,3). The van der Waals surface area contributed by atoms with Gasteiger partial charge in [-0.15, -0.1) is 10.2 Å². The number of benzene rings is 1. The molecule has 4 aromatic rings. The molecule has 0 bridgehead atoms. The summed E-state index contributed by atoms with van der Waals surface area (Å²) >= 11 is 0. The number of tetrazole rings is 1. The molecule has 1 aromatic carbocycles. The summed E-state index contributed by atoms with van der Waals surface area (Å²) < 4.78 is 1.87. The second-order valence-electron chi connectivity index (χ2n) is 9.66. The molecule has 11 nitrogen and oxygen atoms in total. The van der Waals surface area contributed by atoms with Crippen LogP contribution in [0.1, 0.15) is 39.8 Å². The monoisotopic (exact) mass is 476 g/mol. The van der Waals surface area contributed by atoms with Crippen molar-refractivity contribution in [1.29, 1.82) is 0 Å². The molecule has 0 spiro atoms. The molecule has 1 aliphatic heterocycles. The van der Waals surface area contributed by atoms with Crippen LogP contribution in [-0.2, 0) is 11.8 Å². The molecule has 11 heteroatoms. The fraction of sp³-hybridized carbons (Fsp3) is 0.333. The van der Waals surface area contributed by atoms with E-state index in [4.69, 9.17) is 14.9 Å². The van der Waals surface area contributed by atoms with Crippen LogP contribution in [-0.4, -0.2) is 62.3 Å². The summed E-state index contributed by atoms with van der Waals surface area (Å²) in [6.45, 7) is 8.50. The maximum atomic E-state index is 10.6. The van der Waals surface area contributed by atoms with Crippen molar-refractivity contribution in [3.8, 4) is 28.4 Å². The number of nitrogens with one attached hydrogen (secondary N) is 1. The minimum atomic E-state index is -0.250. The molecule has 0 saturated carbocycles. The Morgan fingerprint density at radius 3 is 2.46 bits per heavy atom. The molecule has 0 atom stereocenters. The first-order valence-corrected chi connectivity index (χ1v) is 11.0. The van der Waals surface area contributed by atoms with Crippen LogP contribution >= 0.6 is 0 Å². The van der Waals surface area contributed by atoms with E-state index in [1.54, 1.807) is 13.1 Å². The van der Waals surface area contributed by atoms with Gasteiger partial charge in [-0.3, -0.25) is 9.20 Å². The van der Waals surface area contributed by atoms with E-state index in [1.165, 1.54) is 10.4 Å². The van der Waals surface area contributed by atoms with Crippen LogP contribution in [0, 0.1) is 0 Å². The molecule has 1 aliphatic rings. The van der Waals surface area contributed by atoms with Gasteiger partial charge in [0, 0.05) is 34.6 Å². The van der Waals surface area contributed by atoms with E-state index in [0.717, 1.165) is 12.1 Å². The molecule has 0 aliphatic carbocycles. The first-order chi connectivity index (χ1) is 16.5. The number of hydrogen-bond donors (Lipinski definition) is 3. The number of nitrogens with zero attached hydrogens (tertiary/aromatic N) is 7. The lowest BCUT2D eigenvalue weighted by molar-refractivity contribution is -0.122. The van der Waals surface area contributed by atoms with E-state index in [0.29, 0.717) is 28.4 Å². The molecule has 3 N–H and O–H groups in total. The number of fused-ring (bicyclic) bond motifs is 1. The van der Waals surface area contributed by atoms with Crippen molar-refractivity contribution in [2.75, 3.05) is 0 Å². The van der Waals surface area contributed by atoms with Crippen LogP contribution < -0.4 is 5.32 Å². The minimum Gasteiger partial charge on any atom is -0.507 e. The largest absolute Gasteiger partial charge is 0.507 e. The van der Waals surface area contributed by atoms with Gasteiger partial charge in [-0.1, -0.05) is 12.1 Å². The molecule has 0 fully saturated rings. The van der Waals surface area contributed by atoms with Crippen LogP contribution in [0.2, 0.25) is 0 Å². The lowest BCUT2D eigenvalue weighted by atomic mass is 9.82. The van der Waals surface area contributed by atoms with E-state index in [9.17, 15) is 5.11 Å². The molecule has 0 unspecified atom stereocenters. The molecule has 182 valence electrons. The third kappa shape index (κ3) is 5.19. The number of aromatic hydroxyl groups is 1. The maximum absolute atomic E-state index is 10.6. The van der Waals surface area contributed by atoms with Gasteiger partial charge in [0.15, 0.2) is 0 Å². The Morgan fingerprint density at radius 2 is 1.83 bits per heavy atom. The Labute approximate surface area is 202 Å². The highest BCUT2D eigenvalue weighted by Crippen LogP contribution is 2.34. The Morgan fingerprint density at radius 1 is 1.11 bits per heavy atom. The van der Waals surface area contributed by atoms with Gasteiger partial charge in [0.1, 0.15) is 5.75 Å². The van der Waals surface area contributed by atoms with Crippen molar-refractivity contribution in [1.82, 2.24) is 39.9 Å². The number of hydrogen-bond acceptors (Lipinski definition) is 8. The number of phenols is 1. The number of carbonyl (C=O) groups is 1. The molecule has 3 aromatic heterocycles. The van der Waals surface area contributed by atoms with Crippen LogP contribution in [0.15, 0.2) is 42.7 Å². The Hall–Kier alpha value is -4.12. The second-order valence-corrected chi connectivity index (χ2v) is 9.66. The Bertz CT molecular complexity index is 1420. The van der Waals surface area contributed by atoms with E-state index in [2.05, 4.69) is 59.5 Å². The van der Waals surface area contributed by atoms with Gasteiger partial charge in [-0.2, -0.15) is 4.80 Å². The molecular formula is C24H28N8O3. The van der Waals surface area contributed by atoms with Crippen LogP contribution in [0.3, 0.4) is 0 Å². The van der Waals surface area contributed by atoms with Gasteiger partial charge in [0.25, 0.3) is 6.47 Å². The highest BCUT2D eigenvalue weighted by Gasteiger charge is 2.33. The van der Waals surface area contributed by atoms with Crippen molar-refractivity contribution in [3.05, 3.63) is 48.4 Å². The normalized spacial score (nSPS) is 16.3. The number of phenolic OH excluding ortho intramolecular Hbond substituents is 1. The lowest BCUT2D eigenvalue weighted by Crippen LogP contribution is -2.53. The topological polar surface area (TPSA) is 143 Å². The SMILES string of the molecule is Cn1nnc(-c2ccc(-c3cn4ccc(C5=CC(C)(C)NC(C)(C)C5)nc4n3)c(O)c2)n1.O=CO. The fourth-order valence-electron chi connectivity index (χ4n) is 4.55. The number of carboxylic acid groups (broad SMARTS) is 1. The average molecular weight is 477 g/mol. The van der Waals surface area contributed by atoms with E-state index >= 15 is 0 Å². The number of rotatable bonds is 3. The number of imidazole rings is 1. The van der Waals surface area contributed by atoms with Crippen LogP contribution in [0.4, 0.5) is 0 Å². The Balaban J connectivity index is 0.000000917. The first kappa shape index (κ1) is 24.0. The number of aromatic nitrogens is 7. The molecule has 0 saturated heterocycles. The fourth-order valence-corrected chi connectivity index (χ4v) is 4.55. The first-order valence-electron chi connectivity index (χ1n) is 11.0. The lowest BCUT2D eigenvalue weighted by Gasteiger charge is -2.41. The highest BCUT2D eigenvalue weighted by atomic mass is 16.3. The van der Waals surface area contributed by atoms with E-state index < -0.39 is 0 Å². The number of aryl methyl sites for hydroxylation is 1. The minimum absolute atomic E-state index is 0.0203. The van der Waals surface area contributed by atoms with Gasteiger partial charge in [0.2, 0.25) is 11.6 Å². The van der Waals surface area contributed by atoms with Gasteiger partial charge >= 0.3 is 0 Å². The van der Waals surface area contributed by atoms with Crippen molar-refractivity contribution >= 4 is 17.8 Å². The smallest absolute Gasteiger partial charge is 0.290 e. The van der Waals surface area contributed by atoms with Gasteiger partial charge < -0.3 is 15.5 Å². The Kier molecular flexibility index (Phi) is 6.12. The molecular weight excluding hydrogens is 448 g/mol. The molecule has 0 amide bonds. The zero-order valence-corrected chi connectivity index (χ0v) is 20.3. The van der Waals surface area contributed by atoms with Crippen LogP contribution in [0.5, 0.6) is 5.75 Å². The van der Waals surface area contributed by atoms with Crippen molar-refractivity contribution < 1.29 is 15.0 Å². The van der Waals surface area contributed by atoms with Crippen molar-refractivity contribution in [2.45, 2.75) is 45.2 Å². The van der Waals surface area contributed by atoms with E-state index in [1.807, 2.05) is 35.0 Å². The zero-order chi connectivity index (χ0) is 25.4. The van der Waals surface area contributed by atoms with Crippen LogP contribution in [0.25, 0.3) is 34.0 Å². The summed E-state index contributed by atoms with van der Waals surface area (Å²) in [5, 5.41) is 33.2.